The van der Waals surface area contributed by atoms with E-state index in [0.717, 1.165) is 24.3 Å². The second-order valence-electron chi connectivity index (χ2n) is 4.61. The molecule has 0 saturated carbocycles. The molecule has 20 heavy (non-hydrogen) atoms. The third kappa shape index (κ3) is 2.96. The second-order valence-corrected chi connectivity index (χ2v) is 4.61. The Morgan fingerprint density at radius 2 is 2.20 bits per heavy atom. The van der Waals surface area contributed by atoms with Crippen LogP contribution in [0, 0.1) is 17.0 Å². The Hall–Kier alpha value is -2.37. The van der Waals surface area contributed by atoms with Gasteiger partial charge in [0.05, 0.1) is 17.2 Å². The topological polar surface area (TPSA) is 73.0 Å². The highest BCUT2D eigenvalue weighted by Gasteiger charge is 2.13. The second kappa shape index (κ2) is 6.18. The summed E-state index contributed by atoms with van der Waals surface area (Å²) in [6.45, 7) is 5.33. The summed E-state index contributed by atoms with van der Waals surface area (Å²) in [5, 5.41) is 18.4. The summed E-state index contributed by atoms with van der Waals surface area (Å²) < 4.78 is 1.94. The van der Waals surface area contributed by atoms with E-state index in [4.69, 9.17) is 0 Å². The van der Waals surface area contributed by atoms with Gasteiger partial charge in [0.2, 0.25) is 0 Å². The Morgan fingerprint density at radius 1 is 1.40 bits per heavy atom. The normalized spacial score (nSPS) is 10.5. The van der Waals surface area contributed by atoms with Crippen molar-refractivity contribution in [3.05, 3.63) is 51.8 Å². The fraction of sp³-hybridized carbons (Fsp3) is 0.357. The number of nitrogens with one attached hydrogen (secondary N) is 1. The predicted molar refractivity (Wildman–Crippen MR) is 77.7 cm³/mol. The van der Waals surface area contributed by atoms with Gasteiger partial charge in [0.15, 0.2) is 0 Å². The maximum atomic E-state index is 10.9. The molecule has 1 aromatic heterocycles. The molecule has 0 fully saturated rings. The molecule has 1 aromatic carbocycles. The number of hydrogen-bond acceptors (Lipinski definition) is 4. The van der Waals surface area contributed by atoms with Gasteiger partial charge in [0, 0.05) is 30.1 Å². The van der Waals surface area contributed by atoms with Crippen molar-refractivity contribution in [1.29, 1.82) is 0 Å². The summed E-state index contributed by atoms with van der Waals surface area (Å²) in [5.41, 5.74) is 2.64. The van der Waals surface area contributed by atoms with Crippen LogP contribution in [0.25, 0.3) is 0 Å². The number of benzene rings is 1. The van der Waals surface area contributed by atoms with Crippen LogP contribution in [0.4, 0.5) is 11.4 Å². The highest BCUT2D eigenvalue weighted by Crippen LogP contribution is 2.25. The van der Waals surface area contributed by atoms with Crippen molar-refractivity contribution in [2.45, 2.75) is 33.4 Å². The molecule has 0 radical (unpaired) electrons. The molecule has 2 aromatic rings. The van der Waals surface area contributed by atoms with Gasteiger partial charge in [-0.25, -0.2) is 0 Å². The van der Waals surface area contributed by atoms with E-state index in [1.807, 2.05) is 16.8 Å². The first-order valence-electron chi connectivity index (χ1n) is 6.62. The van der Waals surface area contributed by atoms with Gasteiger partial charge >= 0.3 is 0 Å². The molecule has 6 heteroatoms. The van der Waals surface area contributed by atoms with Crippen molar-refractivity contribution in [2.75, 3.05) is 5.32 Å². The van der Waals surface area contributed by atoms with Crippen LogP contribution in [0.1, 0.15) is 24.6 Å². The average Bonchev–Trinajstić information content (AvgIpc) is 2.85. The highest BCUT2D eigenvalue weighted by atomic mass is 16.6. The van der Waals surface area contributed by atoms with E-state index in [1.165, 1.54) is 6.07 Å². The summed E-state index contributed by atoms with van der Waals surface area (Å²) in [7, 11) is 0. The van der Waals surface area contributed by atoms with Gasteiger partial charge in [-0.05, 0) is 25.5 Å². The SMILES string of the molecule is CCCn1nccc1CNc1cccc([N+](=O)[O-])c1C. The third-order valence-electron chi connectivity index (χ3n) is 3.20. The third-order valence-corrected chi connectivity index (χ3v) is 3.20. The van der Waals surface area contributed by atoms with Crippen LogP contribution in [0.2, 0.25) is 0 Å². The number of anilines is 1. The van der Waals surface area contributed by atoms with Gasteiger partial charge in [0.25, 0.3) is 5.69 Å². The molecule has 1 heterocycles. The smallest absolute Gasteiger partial charge is 0.274 e. The van der Waals surface area contributed by atoms with Crippen molar-refractivity contribution in [1.82, 2.24) is 9.78 Å². The fourth-order valence-electron chi connectivity index (χ4n) is 2.12. The molecule has 106 valence electrons. The van der Waals surface area contributed by atoms with Crippen LogP contribution in [-0.2, 0) is 13.1 Å². The number of hydrogen-bond donors (Lipinski definition) is 1. The first-order chi connectivity index (χ1) is 9.63. The summed E-state index contributed by atoms with van der Waals surface area (Å²) in [6, 6.07) is 7.01. The Labute approximate surface area is 117 Å². The van der Waals surface area contributed by atoms with E-state index in [0.29, 0.717) is 12.1 Å². The molecule has 1 N–H and O–H groups in total. The lowest BCUT2D eigenvalue weighted by Crippen LogP contribution is -2.09. The van der Waals surface area contributed by atoms with Crippen LogP contribution in [0.3, 0.4) is 0 Å². The van der Waals surface area contributed by atoms with E-state index < -0.39 is 0 Å². The minimum absolute atomic E-state index is 0.136. The van der Waals surface area contributed by atoms with E-state index in [2.05, 4.69) is 17.3 Å². The Kier molecular flexibility index (Phi) is 4.34. The van der Waals surface area contributed by atoms with Gasteiger partial charge in [-0.2, -0.15) is 5.10 Å². The lowest BCUT2D eigenvalue weighted by molar-refractivity contribution is -0.385. The lowest BCUT2D eigenvalue weighted by atomic mass is 10.1. The molecule has 0 spiro atoms. The maximum Gasteiger partial charge on any atom is 0.274 e. The minimum Gasteiger partial charge on any atom is -0.379 e. The number of nitro groups is 1. The maximum absolute atomic E-state index is 10.9. The Morgan fingerprint density at radius 3 is 2.90 bits per heavy atom. The summed E-state index contributed by atoms with van der Waals surface area (Å²) in [6.07, 6.45) is 2.79. The van der Waals surface area contributed by atoms with E-state index in [9.17, 15) is 10.1 Å². The number of rotatable bonds is 6. The quantitative estimate of drug-likeness (QED) is 0.648. The van der Waals surface area contributed by atoms with Gasteiger partial charge < -0.3 is 5.32 Å². The molecule has 0 saturated heterocycles. The van der Waals surface area contributed by atoms with Crippen LogP contribution >= 0.6 is 0 Å². The molecule has 0 aliphatic rings. The van der Waals surface area contributed by atoms with Crippen LogP contribution in [0.5, 0.6) is 0 Å². The zero-order chi connectivity index (χ0) is 14.5. The number of nitro benzene ring substituents is 1. The van der Waals surface area contributed by atoms with Gasteiger partial charge in [0.1, 0.15) is 0 Å². The summed E-state index contributed by atoms with van der Waals surface area (Å²) >= 11 is 0. The van der Waals surface area contributed by atoms with Crippen LogP contribution in [-0.4, -0.2) is 14.7 Å². The molecule has 0 atom stereocenters. The monoisotopic (exact) mass is 274 g/mol. The minimum atomic E-state index is -0.359. The van der Waals surface area contributed by atoms with Crippen LogP contribution < -0.4 is 5.32 Å². The van der Waals surface area contributed by atoms with Crippen molar-refractivity contribution in [3.63, 3.8) is 0 Å². The zero-order valence-electron chi connectivity index (χ0n) is 11.7. The lowest BCUT2D eigenvalue weighted by Gasteiger charge is -2.11. The molecule has 0 amide bonds. The van der Waals surface area contributed by atoms with Crippen molar-refractivity contribution in [2.24, 2.45) is 0 Å². The largest absolute Gasteiger partial charge is 0.379 e. The zero-order valence-corrected chi connectivity index (χ0v) is 11.7. The van der Waals surface area contributed by atoms with Crippen molar-refractivity contribution >= 4 is 11.4 Å². The Balaban J connectivity index is 2.13. The summed E-state index contributed by atoms with van der Waals surface area (Å²) in [4.78, 5) is 10.6. The molecule has 0 unspecified atom stereocenters. The fourth-order valence-corrected chi connectivity index (χ4v) is 2.12. The standard InChI is InChI=1S/C14H18N4O2/c1-3-9-17-12(7-8-16-17)10-15-13-5-4-6-14(11(13)2)18(19)20/h4-8,15H,3,9-10H2,1-2H3. The number of aromatic nitrogens is 2. The molecule has 0 aliphatic carbocycles. The average molecular weight is 274 g/mol. The van der Waals surface area contributed by atoms with E-state index >= 15 is 0 Å². The number of nitrogens with zero attached hydrogens (tertiary/aromatic N) is 3. The first-order valence-corrected chi connectivity index (χ1v) is 6.62. The van der Waals surface area contributed by atoms with E-state index in [-0.39, 0.29) is 10.6 Å². The molecular formula is C14H18N4O2. The van der Waals surface area contributed by atoms with Crippen molar-refractivity contribution < 1.29 is 4.92 Å². The molecule has 6 nitrogen and oxygen atoms in total. The van der Waals surface area contributed by atoms with E-state index in [1.54, 1.807) is 19.2 Å². The summed E-state index contributed by atoms with van der Waals surface area (Å²) in [5.74, 6) is 0. The van der Waals surface area contributed by atoms with Crippen molar-refractivity contribution in [3.8, 4) is 0 Å². The van der Waals surface area contributed by atoms with Gasteiger partial charge in [-0.15, -0.1) is 0 Å². The number of aryl methyl sites for hydroxylation is 1. The van der Waals surface area contributed by atoms with Gasteiger partial charge in [-0.1, -0.05) is 13.0 Å². The highest BCUT2D eigenvalue weighted by molar-refractivity contribution is 5.59. The molecular weight excluding hydrogens is 256 g/mol. The molecule has 0 aliphatic heterocycles. The first kappa shape index (κ1) is 14.0. The molecule has 0 bridgehead atoms. The van der Waals surface area contributed by atoms with Crippen LogP contribution in [0.15, 0.2) is 30.5 Å². The Bertz CT molecular complexity index is 607. The molecule has 2 rings (SSSR count). The van der Waals surface area contributed by atoms with Gasteiger partial charge in [-0.3, -0.25) is 14.8 Å². The predicted octanol–water partition coefficient (Wildman–Crippen LogP) is 3.12.